The number of hydrogen-bond donors (Lipinski definition) is 0. The number of carbonyl (C=O) groups is 1. The largest absolute Gasteiger partial charge is 0.574 e. The Bertz CT molecular complexity index is 564. The molecule has 0 spiro atoms. The Labute approximate surface area is 129 Å². The van der Waals surface area contributed by atoms with Gasteiger partial charge in [-0.15, -0.1) is 13.2 Å². The molecule has 0 aliphatic carbocycles. The van der Waals surface area contributed by atoms with Crippen LogP contribution in [0.4, 0.5) is 18.9 Å². The molecule has 0 unspecified atom stereocenters. The lowest BCUT2D eigenvalue weighted by atomic mass is 10.2. The van der Waals surface area contributed by atoms with Crippen molar-refractivity contribution in [3.63, 3.8) is 0 Å². The van der Waals surface area contributed by atoms with Gasteiger partial charge in [-0.2, -0.15) is 0 Å². The van der Waals surface area contributed by atoms with E-state index in [0.29, 0.717) is 0 Å². The third-order valence-corrected chi connectivity index (χ3v) is 3.02. The van der Waals surface area contributed by atoms with Gasteiger partial charge in [-0.1, -0.05) is 0 Å². The number of rotatable bonds is 5. The van der Waals surface area contributed by atoms with Gasteiger partial charge in [-0.3, -0.25) is 14.9 Å². The first kappa shape index (κ1) is 17.4. The second-order valence-electron chi connectivity index (χ2n) is 3.54. The summed E-state index contributed by atoms with van der Waals surface area (Å²) in [6, 6.07) is 0.905. The van der Waals surface area contributed by atoms with Crippen molar-refractivity contribution in [1.82, 2.24) is 4.98 Å². The fraction of sp³-hybridized carbons (Fsp3) is 0.400. The zero-order valence-corrected chi connectivity index (χ0v) is 12.6. The van der Waals surface area contributed by atoms with E-state index in [2.05, 4.69) is 14.5 Å². The number of aromatic nitrogens is 1. The van der Waals surface area contributed by atoms with E-state index in [1.165, 1.54) is 22.6 Å². The average molecular weight is 420 g/mol. The lowest BCUT2D eigenvalue weighted by Gasteiger charge is -2.11. The Morgan fingerprint density at radius 1 is 1.52 bits per heavy atom. The van der Waals surface area contributed by atoms with E-state index in [1.807, 2.05) is 0 Å². The molecule has 1 heterocycles. The molecule has 0 aliphatic heterocycles. The summed E-state index contributed by atoms with van der Waals surface area (Å²) in [4.78, 5) is 24.7. The summed E-state index contributed by atoms with van der Waals surface area (Å²) in [5.41, 5.74) is -0.885. The van der Waals surface area contributed by atoms with Gasteiger partial charge >= 0.3 is 12.3 Å². The van der Waals surface area contributed by atoms with E-state index in [9.17, 15) is 28.1 Å². The second kappa shape index (κ2) is 6.87. The van der Waals surface area contributed by atoms with E-state index in [0.717, 1.165) is 6.07 Å². The van der Waals surface area contributed by atoms with E-state index in [1.54, 1.807) is 6.92 Å². The van der Waals surface area contributed by atoms with Crippen LogP contribution in [0.25, 0.3) is 0 Å². The summed E-state index contributed by atoms with van der Waals surface area (Å²) in [7, 11) is 0. The molecule has 116 valence electrons. The van der Waals surface area contributed by atoms with Crippen molar-refractivity contribution in [1.29, 1.82) is 0 Å². The Morgan fingerprint density at radius 2 is 2.14 bits per heavy atom. The van der Waals surface area contributed by atoms with Gasteiger partial charge in [-0.05, 0) is 29.5 Å². The number of esters is 1. The number of nitro groups is 1. The third kappa shape index (κ3) is 5.32. The molecule has 0 atom stereocenters. The first-order valence-corrected chi connectivity index (χ1v) is 6.47. The molecule has 11 heteroatoms. The SMILES string of the molecule is CCOC(=O)Cc1cc([N+](=O)[O-])c(I)c(OC(F)(F)F)n1. The number of alkyl halides is 3. The average Bonchev–Trinajstić information content (AvgIpc) is 2.31. The second-order valence-corrected chi connectivity index (χ2v) is 4.62. The highest BCUT2D eigenvalue weighted by Gasteiger charge is 2.35. The van der Waals surface area contributed by atoms with Gasteiger partial charge in [0.1, 0.15) is 0 Å². The molecule has 0 amide bonds. The number of ether oxygens (including phenoxy) is 2. The zero-order chi connectivity index (χ0) is 16.2. The fourth-order valence-electron chi connectivity index (χ4n) is 1.30. The molecule has 21 heavy (non-hydrogen) atoms. The Balaban J connectivity index is 3.21. The Hall–Kier alpha value is -1.66. The Kier molecular flexibility index (Phi) is 5.69. The molecule has 0 saturated heterocycles. The van der Waals surface area contributed by atoms with E-state index in [-0.39, 0.29) is 12.3 Å². The maximum absolute atomic E-state index is 12.2. The van der Waals surface area contributed by atoms with Crippen molar-refractivity contribution >= 4 is 34.2 Å². The van der Waals surface area contributed by atoms with Gasteiger partial charge in [0, 0.05) is 6.07 Å². The van der Waals surface area contributed by atoms with Crippen LogP contribution < -0.4 is 4.74 Å². The van der Waals surface area contributed by atoms with Crippen LogP contribution in [0.3, 0.4) is 0 Å². The molecule has 0 N–H and O–H groups in total. The molecule has 1 aromatic heterocycles. The van der Waals surface area contributed by atoms with Gasteiger partial charge in [0.15, 0.2) is 3.57 Å². The van der Waals surface area contributed by atoms with E-state index in [4.69, 9.17) is 0 Å². The van der Waals surface area contributed by atoms with Crippen LogP contribution in [0.15, 0.2) is 6.07 Å². The molecule has 0 bridgehead atoms. The van der Waals surface area contributed by atoms with Crippen molar-refractivity contribution in [2.24, 2.45) is 0 Å². The van der Waals surface area contributed by atoms with Gasteiger partial charge < -0.3 is 9.47 Å². The number of pyridine rings is 1. The highest BCUT2D eigenvalue weighted by molar-refractivity contribution is 14.1. The van der Waals surface area contributed by atoms with Crippen molar-refractivity contribution in [3.05, 3.63) is 25.4 Å². The van der Waals surface area contributed by atoms with Crippen LogP contribution in [-0.2, 0) is 16.0 Å². The zero-order valence-electron chi connectivity index (χ0n) is 10.4. The Morgan fingerprint density at radius 3 is 2.62 bits per heavy atom. The van der Waals surface area contributed by atoms with Gasteiger partial charge in [0.05, 0.1) is 23.6 Å². The number of halogens is 4. The lowest BCUT2D eigenvalue weighted by Crippen LogP contribution is -2.20. The predicted molar refractivity (Wildman–Crippen MR) is 70.6 cm³/mol. The molecule has 7 nitrogen and oxygen atoms in total. The van der Waals surface area contributed by atoms with Crippen LogP contribution in [0.2, 0.25) is 0 Å². The highest BCUT2D eigenvalue weighted by Crippen LogP contribution is 2.32. The quantitative estimate of drug-likeness (QED) is 0.315. The first-order chi connectivity index (χ1) is 9.64. The molecule has 0 saturated carbocycles. The van der Waals surface area contributed by atoms with Crippen LogP contribution in [0, 0.1) is 13.7 Å². The normalized spacial score (nSPS) is 11.1. The minimum absolute atomic E-state index is 0.0667. The topological polar surface area (TPSA) is 91.6 Å². The minimum Gasteiger partial charge on any atom is -0.466 e. The van der Waals surface area contributed by atoms with Crippen LogP contribution in [0.1, 0.15) is 12.6 Å². The molecule has 0 aromatic carbocycles. The van der Waals surface area contributed by atoms with Crippen molar-refractivity contribution < 1.29 is 32.4 Å². The summed E-state index contributed by atoms with van der Waals surface area (Å²) in [6.45, 7) is 1.61. The number of hydrogen-bond acceptors (Lipinski definition) is 6. The molecule has 0 aliphatic rings. The molecular formula is C10H8F3IN2O5. The smallest absolute Gasteiger partial charge is 0.466 e. The van der Waals surface area contributed by atoms with Crippen LogP contribution >= 0.6 is 22.6 Å². The summed E-state index contributed by atoms with van der Waals surface area (Å²) in [6.07, 6.45) is -5.55. The summed E-state index contributed by atoms with van der Waals surface area (Å²) in [5.74, 6) is -1.74. The molecular weight excluding hydrogens is 412 g/mol. The minimum atomic E-state index is -5.05. The molecule has 0 radical (unpaired) electrons. The van der Waals surface area contributed by atoms with E-state index < -0.39 is 38.8 Å². The maximum atomic E-state index is 12.2. The van der Waals surface area contributed by atoms with E-state index >= 15 is 0 Å². The number of nitrogens with zero attached hydrogens (tertiary/aromatic N) is 2. The number of carbonyl (C=O) groups excluding carboxylic acids is 1. The predicted octanol–water partition coefficient (Wildman–Crippen LogP) is 2.60. The van der Waals surface area contributed by atoms with Gasteiger partial charge in [-0.25, -0.2) is 4.98 Å². The molecule has 0 fully saturated rings. The maximum Gasteiger partial charge on any atom is 0.574 e. The van der Waals surface area contributed by atoms with Crippen molar-refractivity contribution in [2.45, 2.75) is 19.7 Å². The highest BCUT2D eigenvalue weighted by atomic mass is 127. The van der Waals surface area contributed by atoms with Crippen LogP contribution in [0.5, 0.6) is 5.88 Å². The molecule has 1 rings (SSSR count). The summed E-state index contributed by atoms with van der Waals surface area (Å²) in [5, 5.41) is 10.8. The lowest BCUT2D eigenvalue weighted by molar-refractivity contribution is -0.386. The van der Waals surface area contributed by atoms with Crippen molar-refractivity contribution in [2.75, 3.05) is 6.61 Å². The fourth-order valence-corrected chi connectivity index (χ4v) is 1.89. The third-order valence-electron chi connectivity index (χ3n) is 2.00. The monoisotopic (exact) mass is 420 g/mol. The summed E-state index contributed by atoms with van der Waals surface area (Å²) < 4.78 is 44.5. The van der Waals surface area contributed by atoms with Gasteiger partial charge in [0.25, 0.3) is 5.69 Å². The standard InChI is InChI=1S/C10H8F3IN2O5/c1-2-20-7(17)4-5-3-6(16(18)19)8(14)9(15-5)21-10(11,12)13/h3H,2,4H2,1H3. The van der Waals surface area contributed by atoms with Crippen molar-refractivity contribution in [3.8, 4) is 5.88 Å². The van der Waals surface area contributed by atoms with Gasteiger partial charge in [0.2, 0.25) is 5.88 Å². The summed E-state index contributed by atoms with van der Waals surface area (Å²) >= 11 is 1.32. The molecule has 1 aromatic rings. The first-order valence-electron chi connectivity index (χ1n) is 5.39. The van der Waals surface area contributed by atoms with Crippen LogP contribution in [-0.4, -0.2) is 28.8 Å².